The molecule has 2 aromatic rings. The van der Waals surface area contributed by atoms with E-state index in [4.69, 9.17) is 4.99 Å². The molecule has 1 fully saturated rings. The van der Waals surface area contributed by atoms with E-state index in [0.717, 1.165) is 36.9 Å². The lowest BCUT2D eigenvalue weighted by molar-refractivity contribution is 0.265. The van der Waals surface area contributed by atoms with Crippen LogP contribution >= 0.6 is 0 Å². The van der Waals surface area contributed by atoms with Gasteiger partial charge in [-0.2, -0.15) is 0 Å². The molecule has 0 amide bonds. The van der Waals surface area contributed by atoms with Crippen molar-refractivity contribution in [3.05, 3.63) is 54.2 Å². The zero-order valence-electron chi connectivity index (χ0n) is 17.5. The summed E-state index contributed by atoms with van der Waals surface area (Å²) in [6.07, 6.45) is 1.83. The van der Waals surface area contributed by atoms with Crippen LogP contribution in [0.2, 0.25) is 0 Å². The molecule has 5 nitrogen and oxygen atoms in total. The Hall–Kier alpha value is -2.40. The third-order valence-corrected chi connectivity index (χ3v) is 5.34. The molecule has 1 aromatic carbocycles. The predicted octanol–water partition coefficient (Wildman–Crippen LogP) is 3.53. The number of nitrogens with one attached hydrogen (secondary N) is 2. The fourth-order valence-electron chi connectivity index (χ4n) is 3.64. The van der Waals surface area contributed by atoms with Gasteiger partial charge in [-0.05, 0) is 50.5 Å². The minimum atomic E-state index is 0.431. The van der Waals surface area contributed by atoms with Crippen LogP contribution in [0.3, 0.4) is 0 Å². The molecule has 0 spiro atoms. The van der Waals surface area contributed by atoms with Gasteiger partial charge < -0.3 is 10.6 Å². The second-order valence-electron chi connectivity index (χ2n) is 7.89. The maximum absolute atomic E-state index is 4.84. The number of hydrogen-bond donors (Lipinski definition) is 2. The summed E-state index contributed by atoms with van der Waals surface area (Å²) in [5.41, 5.74) is 3.30. The molecule has 1 aliphatic rings. The van der Waals surface area contributed by atoms with Crippen molar-refractivity contribution in [3.8, 4) is 11.3 Å². The van der Waals surface area contributed by atoms with Gasteiger partial charge in [0.05, 0.1) is 12.2 Å². The Morgan fingerprint density at radius 2 is 2.07 bits per heavy atom. The van der Waals surface area contributed by atoms with Crippen LogP contribution in [0, 0.1) is 5.92 Å². The number of pyridine rings is 1. The van der Waals surface area contributed by atoms with E-state index in [1.807, 2.05) is 24.4 Å². The summed E-state index contributed by atoms with van der Waals surface area (Å²) in [5.74, 6) is 1.51. The topological polar surface area (TPSA) is 52.6 Å². The van der Waals surface area contributed by atoms with Crippen molar-refractivity contribution in [2.24, 2.45) is 10.9 Å². The fraction of sp³-hybridized carbons (Fsp3) is 0.478. The molecule has 1 aromatic heterocycles. The van der Waals surface area contributed by atoms with E-state index in [1.165, 1.54) is 5.56 Å². The lowest BCUT2D eigenvalue weighted by Crippen LogP contribution is -2.46. The summed E-state index contributed by atoms with van der Waals surface area (Å²) < 4.78 is 0. The standard InChI is InChI=1S/C23H33N5/c1-5-24-23(27-22-16-28(17(2)3)15-18(22)4)26-14-19-9-8-10-20(13-19)21-11-6-7-12-25-21/h6-13,17-18,22H,5,14-16H2,1-4H3,(H2,24,26,27). The molecule has 150 valence electrons. The molecular formula is C23H33N5. The van der Waals surface area contributed by atoms with Gasteiger partial charge in [0.2, 0.25) is 0 Å². The van der Waals surface area contributed by atoms with Gasteiger partial charge in [0.15, 0.2) is 5.96 Å². The number of rotatable bonds is 6. The quantitative estimate of drug-likeness (QED) is 0.595. The molecule has 1 saturated heterocycles. The Morgan fingerprint density at radius 3 is 2.75 bits per heavy atom. The van der Waals surface area contributed by atoms with Crippen LogP contribution < -0.4 is 10.6 Å². The maximum Gasteiger partial charge on any atom is 0.191 e. The monoisotopic (exact) mass is 379 g/mol. The highest BCUT2D eigenvalue weighted by Crippen LogP contribution is 2.19. The molecule has 2 N–H and O–H groups in total. The van der Waals surface area contributed by atoms with Crippen molar-refractivity contribution in [1.29, 1.82) is 0 Å². The molecular weight excluding hydrogens is 346 g/mol. The van der Waals surface area contributed by atoms with Crippen molar-refractivity contribution in [2.45, 2.75) is 46.3 Å². The highest BCUT2D eigenvalue weighted by molar-refractivity contribution is 5.80. The Bertz CT molecular complexity index is 772. The number of aromatic nitrogens is 1. The summed E-state index contributed by atoms with van der Waals surface area (Å²) in [4.78, 5) is 11.8. The Balaban J connectivity index is 1.68. The molecule has 5 heteroatoms. The molecule has 2 unspecified atom stereocenters. The number of hydrogen-bond acceptors (Lipinski definition) is 3. The SMILES string of the molecule is CCNC(=NCc1cccc(-c2ccccn2)c1)NC1CN(C(C)C)CC1C. The van der Waals surface area contributed by atoms with Crippen LogP contribution in [0.4, 0.5) is 0 Å². The summed E-state index contributed by atoms with van der Waals surface area (Å²) >= 11 is 0. The molecule has 0 bridgehead atoms. The van der Waals surface area contributed by atoms with Gasteiger partial charge in [-0.15, -0.1) is 0 Å². The van der Waals surface area contributed by atoms with Gasteiger partial charge in [-0.1, -0.05) is 31.2 Å². The fourth-order valence-corrected chi connectivity index (χ4v) is 3.64. The van der Waals surface area contributed by atoms with E-state index in [0.29, 0.717) is 24.5 Å². The zero-order chi connectivity index (χ0) is 19.9. The predicted molar refractivity (Wildman–Crippen MR) is 117 cm³/mol. The van der Waals surface area contributed by atoms with Crippen LogP contribution in [0.25, 0.3) is 11.3 Å². The molecule has 0 saturated carbocycles. The molecule has 0 radical (unpaired) electrons. The highest BCUT2D eigenvalue weighted by atomic mass is 15.3. The molecule has 0 aliphatic carbocycles. The van der Waals surface area contributed by atoms with Crippen molar-refractivity contribution in [3.63, 3.8) is 0 Å². The summed E-state index contributed by atoms with van der Waals surface area (Å²) in [5, 5.41) is 7.05. The molecule has 1 aliphatic heterocycles. The van der Waals surface area contributed by atoms with Crippen molar-refractivity contribution in [2.75, 3.05) is 19.6 Å². The number of nitrogens with zero attached hydrogens (tertiary/aromatic N) is 3. The average molecular weight is 380 g/mol. The van der Waals surface area contributed by atoms with Crippen molar-refractivity contribution in [1.82, 2.24) is 20.5 Å². The minimum absolute atomic E-state index is 0.431. The normalized spacial score (nSPS) is 20.5. The van der Waals surface area contributed by atoms with Gasteiger partial charge in [-0.3, -0.25) is 9.88 Å². The van der Waals surface area contributed by atoms with Gasteiger partial charge in [0.1, 0.15) is 0 Å². The number of guanidine groups is 1. The summed E-state index contributed by atoms with van der Waals surface area (Å²) in [6.45, 7) is 12.7. The van der Waals surface area contributed by atoms with E-state index >= 15 is 0 Å². The number of aliphatic imine (C=N–C) groups is 1. The number of likely N-dealkylation sites (tertiary alicyclic amines) is 1. The van der Waals surface area contributed by atoms with E-state index in [9.17, 15) is 0 Å². The second kappa shape index (κ2) is 9.69. The molecule has 28 heavy (non-hydrogen) atoms. The van der Waals surface area contributed by atoms with E-state index in [1.54, 1.807) is 0 Å². The van der Waals surface area contributed by atoms with Gasteiger partial charge in [0, 0.05) is 43.5 Å². The lowest BCUT2D eigenvalue weighted by atomic mass is 10.1. The van der Waals surface area contributed by atoms with Gasteiger partial charge >= 0.3 is 0 Å². The minimum Gasteiger partial charge on any atom is -0.357 e. The molecule has 3 rings (SSSR count). The van der Waals surface area contributed by atoms with Crippen LogP contribution in [0.5, 0.6) is 0 Å². The number of benzene rings is 1. The van der Waals surface area contributed by atoms with Gasteiger partial charge in [0.25, 0.3) is 0 Å². The van der Waals surface area contributed by atoms with E-state index in [-0.39, 0.29) is 0 Å². The highest BCUT2D eigenvalue weighted by Gasteiger charge is 2.31. The first-order valence-electron chi connectivity index (χ1n) is 10.4. The van der Waals surface area contributed by atoms with Crippen LogP contribution in [-0.2, 0) is 6.54 Å². The largest absolute Gasteiger partial charge is 0.357 e. The first-order chi connectivity index (χ1) is 13.6. The zero-order valence-corrected chi connectivity index (χ0v) is 17.5. The van der Waals surface area contributed by atoms with E-state index < -0.39 is 0 Å². The van der Waals surface area contributed by atoms with Crippen molar-refractivity contribution >= 4 is 5.96 Å². The smallest absolute Gasteiger partial charge is 0.191 e. The molecule has 2 heterocycles. The van der Waals surface area contributed by atoms with E-state index in [2.05, 4.69) is 72.5 Å². The van der Waals surface area contributed by atoms with Crippen molar-refractivity contribution < 1.29 is 0 Å². The van der Waals surface area contributed by atoms with Crippen LogP contribution in [0.1, 0.15) is 33.3 Å². The third-order valence-electron chi connectivity index (χ3n) is 5.34. The Labute approximate surface area is 169 Å². The maximum atomic E-state index is 4.84. The van der Waals surface area contributed by atoms with Crippen LogP contribution in [-0.4, -0.2) is 47.6 Å². The lowest BCUT2D eigenvalue weighted by Gasteiger charge is -2.22. The Morgan fingerprint density at radius 1 is 1.21 bits per heavy atom. The third kappa shape index (κ3) is 5.32. The summed E-state index contributed by atoms with van der Waals surface area (Å²) in [7, 11) is 0. The first kappa shape index (κ1) is 20.3. The first-order valence-corrected chi connectivity index (χ1v) is 10.4. The second-order valence-corrected chi connectivity index (χ2v) is 7.89. The van der Waals surface area contributed by atoms with Gasteiger partial charge in [-0.25, -0.2) is 4.99 Å². The Kier molecular flexibility index (Phi) is 7.04. The average Bonchev–Trinajstić information content (AvgIpc) is 3.08. The van der Waals surface area contributed by atoms with Crippen LogP contribution in [0.15, 0.2) is 53.7 Å². The summed E-state index contributed by atoms with van der Waals surface area (Å²) in [6, 6.07) is 15.5. The molecule has 2 atom stereocenters.